The van der Waals surface area contributed by atoms with Gasteiger partial charge in [-0.05, 0) is 0 Å². The van der Waals surface area contributed by atoms with Crippen LogP contribution in [-0.4, -0.2) is 50.1 Å². The van der Waals surface area contributed by atoms with E-state index in [1.807, 2.05) is 6.92 Å². The topological polar surface area (TPSA) is 89.1 Å². The van der Waals surface area contributed by atoms with Crippen molar-refractivity contribution in [3.63, 3.8) is 0 Å². The second-order valence-corrected chi connectivity index (χ2v) is 3.65. The summed E-state index contributed by atoms with van der Waals surface area (Å²) in [6, 6.07) is 0. The largest absolute Gasteiger partial charge is 0.409 e. The number of oxime groups is 1. The van der Waals surface area contributed by atoms with Crippen LogP contribution in [-0.2, 0) is 9.47 Å². The number of hydrogen-bond donors (Lipinski definition) is 3. The Balaban J connectivity index is 2.09. The number of hydrogen-bond acceptors (Lipinski definition) is 5. The maximum atomic E-state index is 8.44. The quantitative estimate of drug-likeness (QED) is 0.247. The molecule has 6 nitrogen and oxygen atoms in total. The predicted molar refractivity (Wildman–Crippen MR) is 56.0 cm³/mol. The van der Waals surface area contributed by atoms with Crippen LogP contribution in [0.2, 0.25) is 0 Å². The lowest BCUT2D eigenvalue weighted by molar-refractivity contribution is -0.0863. The first kappa shape index (κ1) is 12.2. The van der Waals surface area contributed by atoms with E-state index in [0.717, 1.165) is 6.54 Å². The van der Waals surface area contributed by atoms with Crippen molar-refractivity contribution in [2.75, 3.05) is 32.9 Å². The lowest BCUT2D eigenvalue weighted by atomic mass is 10.1. The maximum Gasteiger partial charge on any atom is 0.143 e. The van der Waals surface area contributed by atoms with Gasteiger partial charge < -0.3 is 25.7 Å². The minimum Gasteiger partial charge on any atom is -0.409 e. The average Bonchev–Trinajstić information content (AvgIpc) is 2.29. The highest BCUT2D eigenvalue weighted by atomic mass is 16.6. The molecule has 6 heteroatoms. The number of rotatable bonds is 5. The van der Waals surface area contributed by atoms with Crippen LogP contribution in [0.3, 0.4) is 0 Å². The van der Waals surface area contributed by atoms with Gasteiger partial charge in [0.25, 0.3) is 0 Å². The summed E-state index contributed by atoms with van der Waals surface area (Å²) in [7, 11) is 0. The van der Waals surface area contributed by atoms with Crippen LogP contribution in [0.4, 0.5) is 0 Å². The summed E-state index contributed by atoms with van der Waals surface area (Å²) >= 11 is 0. The predicted octanol–water partition coefficient (Wildman–Crippen LogP) is -0.626. The molecule has 4 N–H and O–H groups in total. The molecule has 1 saturated heterocycles. The molecule has 0 amide bonds. The molecule has 1 aliphatic rings. The first-order valence-electron chi connectivity index (χ1n) is 5.11. The molecule has 1 fully saturated rings. The van der Waals surface area contributed by atoms with E-state index in [-0.39, 0.29) is 17.9 Å². The van der Waals surface area contributed by atoms with Crippen LogP contribution < -0.4 is 11.1 Å². The van der Waals surface area contributed by atoms with E-state index in [0.29, 0.717) is 26.4 Å². The maximum absolute atomic E-state index is 8.44. The molecule has 0 spiro atoms. The fourth-order valence-electron chi connectivity index (χ4n) is 1.32. The van der Waals surface area contributed by atoms with E-state index >= 15 is 0 Å². The van der Waals surface area contributed by atoms with Crippen LogP contribution in [0, 0.1) is 5.92 Å². The van der Waals surface area contributed by atoms with Gasteiger partial charge in [-0.3, -0.25) is 0 Å². The monoisotopic (exact) mass is 217 g/mol. The summed E-state index contributed by atoms with van der Waals surface area (Å²) in [4.78, 5) is 0. The highest BCUT2D eigenvalue weighted by Gasteiger charge is 2.14. The van der Waals surface area contributed by atoms with E-state index in [9.17, 15) is 0 Å². The molecule has 1 aliphatic heterocycles. The average molecular weight is 217 g/mol. The zero-order chi connectivity index (χ0) is 11.1. The van der Waals surface area contributed by atoms with Crippen molar-refractivity contribution < 1.29 is 14.7 Å². The molecule has 2 atom stereocenters. The summed E-state index contributed by atoms with van der Waals surface area (Å²) in [6.45, 7) is 5.24. The molecule has 2 unspecified atom stereocenters. The van der Waals surface area contributed by atoms with Crippen molar-refractivity contribution in [1.82, 2.24) is 5.32 Å². The summed E-state index contributed by atoms with van der Waals surface area (Å²) < 4.78 is 10.7. The van der Waals surface area contributed by atoms with E-state index < -0.39 is 0 Å². The van der Waals surface area contributed by atoms with Gasteiger partial charge in [-0.25, -0.2) is 0 Å². The molecule has 88 valence electrons. The molecule has 1 heterocycles. The molecule has 0 saturated carbocycles. The number of nitrogens with two attached hydrogens (primary N) is 1. The third-order valence-corrected chi connectivity index (χ3v) is 2.33. The zero-order valence-corrected chi connectivity index (χ0v) is 8.98. The molecule has 0 aromatic rings. The summed E-state index contributed by atoms with van der Waals surface area (Å²) in [5.41, 5.74) is 5.44. The lowest BCUT2D eigenvalue weighted by Crippen LogP contribution is -2.40. The van der Waals surface area contributed by atoms with Gasteiger partial charge in [-0.1, -0.05) is 12.1 Å². The van der Waals surface area contributed by atoms with Crippen LogP contribution in [0.15, 0.2) is 5.16 Å². The molecule has 1 rings (SSSR count). The number of nitrogens with one attached hydrogen (secondary N) is 1. The van der Waals surface area contributed by atoms with Gasteiger partial charge in [0.15, 0.2) is 0 Å². The molecule has 0 aromatic heterocycles. The van der Waals surface area contributed by atoms with Crippen LogP contribution in [0.5, 0.6) is 0 Å². The molecule has 15 heavy (non-hydrogen) atoms. The minimum absolute atomic E-state index is 0.0134. The summed E-state index contributed by atoms with van der Waals surface area (Å²) in [5, 5.41) is 14.6. The van der Waals surface area contributed by atoms with Crippen LogP contribution >= 0.6 is 0 Å². The normalized spacial score (nSPS) is 25.1. The van der Waals surface area contributed by atoms with Gasteiger partial charge in [-0.2, -0.15) is 0 Å². The summed E-state index contributed by atoms with van der Waals surface area (Å²) in [5.74, 6) is 0.253. The zero-order valence-electron chi connectivity index (χ0n) is 8.98. The molecule has 0 radical (unpaired) electrons. The third-order valence-electron chi connectivity index (χ3n) is 2.33. The Hall–Kier alpha value is -0.850. The van der Waals surface area contributed by atoms with Crippen molar-refractivity contribution in [3.8, 4) is 0 Å². The highest BCUT2D eigenvalue weighted by molar-refractivity contribution is 5.82. The Kier molecular flexibility index (Phi) is 5.38. The van der Waals surface area contributed by atoms with Gasteiger partial charge in [0.1, 0.15) is 5.84 Å². The number of nitrogens with zero attached hydrogens (tertiary/aromatic N) is 1. The lowest BCUT2D eigenvalue weighted by Gasteiger charge is -2.23. The van der Waals surface area contributed by atoms with Crippen molar-refractivity contribution in [3.05, 3.63) is 0 Å². The second kappa shape index (κ2) is 6.60. The first-order valence-corrected chi connectivity index (χ1v) is 5.11. The Bertz CT molecular complexity index is 205. The Morgan fingerprint density at radius 2 is 2.47 bits per heavy atom. The van der Waals surface area contributed by atoms with E-state index in [4.69, 9.17) is 20.4 Å². The number of amidine groups is 1. The highest BCUT2D eigenvalue weighted by Crippen LogP contribution is 1.99. The van der Waals surface area contributed by atoms with E-state index in [1.54, 1.807) is 0 Å². The van der Waals surface area contributed by atoms with Crippen LogP contribution in [0.1, 0.15) is 6.92 Å². The minimum atomic E-state index is 0.0134. The fraction of sp³-hybridized carbons (Fsp3) is 0.889. The van der Waals surface area contributed by atoms with Crippen molar-refractivity contribution in [2.45, 2.75) is 13.0 Å². The fourth-order valence-corrected chi connectivity index (χ4v) is 1.32. The van der Waals surface area contributed by atoms with Crippen LogP contribution in [0.25, 0.3) is 0 Å². The SMILES string of the molecule is CC(CNCC1COCCO1)C(N)=NO. The first-order chi connectivity index (χ1) is 7.24. The van der Waals surface area contributed by atoms with Crippen molar-refractivity contribution >= 4 is 5.84 Å². The van der Waals surface area contributed by atoms with E-state index in [1.165, 1.54) is 0 Å². The van der Waals surface area contributed by atoms with Gasteiger partial charge in [0.2, 0.25) is 0 Å². The Morgan fingerprint density at radius 1 is 1.67 bits per heavy atom. The van der Waals surface area contributed by atoms with Gasteiger partial charge in [0, 0.05) is 19.0 Å². The number of ether oxygens (including phenoxy) is 2. The third kappa shape index (κ3) is 4.46. The Morgan fingerprint density at radius 3 is 3.07 bits per heavy atom. The van der Waals surface area contributed by atoms with Crippen molar-refractivity contribution in [2.24, 2.45) is 16.8 Å². The smallest absolute Gasteiger partial charge is 0.143 e. The second-order valence-electron chi connectivity index (χ2n) is 3.65. The standard InChI is InChI=1S/C9H19N3O3/c1-7(9(10)12-13)4-11-5-8-6-14-2-3-15-8/h7-8,11,13H,2-6H2,1H3,(H2,10,12). The Labute approximate surface area is 89.4 Å². The van der Waals surface area contributed by atoms with E-state index in [2.05, 4.69) is 10.5 Å². The van der Waals surface area contributed by atoms with Gasteiger partial charge in [-0.15, -0.1) is 0 Å². The molecule has 0 aliphatic carbocycles. The summed E-state index contributed by atoms with van der Waals surface area (Å²) in [6.07, 6.45) is 0.109. The molecular formula is C9H19N3O3. The van der Waals surface area contributed by atoms with Gasteiger partial charge in [0.05, 0.1) is 25.9 Å². The van der Waals surface area contributed by atoms with Crippen molar-refractivity contribution in [1.29, 1.82) is 0 Å². The molecular weight excluding hydrogens is 198 g/mol. The van der Waals surface area contributed by atoms with Gasteiger partial charge >= 0.3 is 0 Å². The molecule has 0 bridgehead atoms. The molecule has 0 aromatic carbocycles.